The Kier molecular flexibility index (Phi) is 5.09. The smallest absolute Gasteiger partial charge is 0.336 e. The van der Waals surface area contributed by atoms with Gasteiger partial charge in [-0.15, -0.1) is 0 Å². The van der Waals surface area contributed by atoms with Crippen LogP contribution in [0.1, 0.15) is 11.1 Å². The number of nitrogens with two attached hydrogens (primary N) is 1. The second kappa shape index (κ2) is 6.21. The van der Waals surface area contributed by atoms with Crippen molar-refractivity contribution in [3.63, 3.8) is 0 Å². The van der Waals surface area contributed by atoms with Crippen LogP contribution >= 0.6 is 0 Å². The summed E-state index contributed by atoms with van der Waals surface area (Å²) in [6, 6.07) is 2.80. The summed E-state index contributed by atoms with van der Waals surface area (Å²) in [7, 11) is -2.76. The Bertz CT molecular complexity index is 589. The van der Waals surface area contributed by atoms with Crippen LogP contribution in [0.15, 0.2) is 17.0 Å². The lowest BCUT2D eigenvalue weighted by molar-refractivity contribution is -0.149. The number of rotatable bonds is 5. The maximum Gasteiger partial charge on any atom is 0.336 e. The van der Waals surface area contributed by atoms with E-state index in [2.05, 4.69) is 9.46 Å². The number of aryl methyl sites for hydroxylation is 1. The predicted molar refractivity (Wildman–Crippen MR) is 73.5 cm³/mol. The van der Waals surface area contributed by atoms with Gasteiger partial charge in [-0.3, -0.25) is 0 Å². The number of hydrogen-bond acceptors (Lipinski definition) is 6. The molecule has 0 saturated carbocycles. The number of aliphatic hydroxyl groups excluding tert-OH is 1. The van der Waals surface area contributed by atoms with Crippen molar-refractivity contribution < 1.29 is 23.1 Å². The molecule has 1 unspecified atom stereocenters. The zero-order valence-corrected chi connectivity index (χ0v) is 12.3. The summed E-state index contributed by atoms with van der Waals surface area (Å²) in [6.07, 6.45) is -1.56. The summed E-state index contributed by atoms with van der Waals surface area (Å²) in [5.74, 6) is -0.910. The third-order valence-corrected chi connectivity index (χ3v) is 4.33. The largest absolute Gasteiger partial charge is 0.467 e. The standard InChI is InChI=1S/C12H18N2O5S/c1-7-4-9(5-10(13)8(7)2)20(17,18)14-6-11(15)12(16)19-3/h4-5,11,14-15H,6,13H2,1-3H3. The maximum atomic E-state index is 12.0. The monoisotopic (exact) mass is 302 g/mol. The third kappa shape index (κ3) is 3.69. The van der Waals surface area contributed by atoms with Crippen molar-refractivity contribution >= 4 is 21.7 Å². The van der Waals surface area contributed by atoms with Gasteiger partial charge in [-0.05, 0) is 37.1 Å². The number of hydrogen-bond donors (Lipinski definition) is 3. The van der Waals surface area contributed by atoms with Crippen molar-refractivity contribution in [1.29, 1.82) is 0 Å². The molecule has 0 aliphatic carbocycles. The Morgan fingerprint density at radius 3 is 2.55 bits per heavy atom. The number of esters is 1. The molecule has 20 heavy (non-hydrogen) atoms. The fraction of sp³-hybridized carbons (Fsp3) is 0.417. The molecular weight excluding hydrogens is 284 g/mol. The first-order valence-electron chi connectivity index (χ1n) is 5.81. The number of ether oxygens (including phenoxy) is 1. The quantitative estimate of drug-likeness (QED) is 0.507. The van der Waals surface area contributed by atoms with E-state index in [4.69, 9.17) is 5.73 Å². The van der Waals surface area contributed by atoms with Gasteiger partial charge in [0.05, 0.1) is 12.0 Å². The van der Waals surface area contributed by atoms with Crippen LogP contribution in [0.2, 0.25) is 0 Å². The van der Waals surface area contributed by atoms with Crippen LogP contribution in [0.4, 0.5) is 5.69 Å². The number of sulfonamides is 1. The first-order chi connectivity index (χ1) is 9.19. The Balaban J connectivity index is 2.92. The Hall–Kier alpha value is -1.64. The topological polar surface area (TPSA) is 119 Å². The molecule has 7 nitrogen and oxygen atoms in total. The number of carbonyl (C=O) groups excluding carboxylic acids is 1. The fourth-order valence-electron chi connectivity index (χ4n) is 1.50. The van der Waals surface area contributed by atoms with E-state index < -0.39 is 28.6 Å². The summed E-state index contributed by atoms with van der Waals surface area (Å²) in [4.78, 5) is 11.0. The first kappa shape index (κ1) is 16.4. The molecule has 0 spiro atoms. The van der Waals surface area contributed by atoms with Crippen molar-refractivity contribution in [2.24, 2.45) is 0 Å². The first-order valence-corrected chi connectivity index (χ1v) is 7.29. The molecule has 0 radical (unpaired) electrons. The highest BCUT2D eigenvalue weighted by Gasteiger charge is 2.21. The van der Waals surface area contributed by atoms with Gasteiger partial charge in [0.15, 0.2) is 6.10 Å². The minimum absolute atomic E-state index is 0.0184. The van der Waals surface area contributed by atoms with Crippen molar-refractivity contribution in [1.82, 2.24) is 4.72 Å². The van der Waals surface area contributed by atoms with Crippen molar-refractivity contribution in [3.05, 3.63) is 23.3 Å². The number of nitrogen functional groups attached to an aromatic ring is 1. The minimum Gasteiger partial charge on any atom is -0.467 e. The Labute approximate surface area is 117 Å². The second-order valence-electron chi connectivity index (χ2n) is 4.35. The van der Waals surface area contributed by atoms with Gasteiger partial charge in [-0.1, -0.05) is 0 Å². The minimum atomic E-state index is -3.86. The third-order valence-electron chi connectivity index (χ3n) is 2.93. The van der Waals surface area contributed by atoms with Gasteiger partial charge in [0.25, 0.3) is 0 Å². The molecule has 0 aliphatic rings. The predicted octanol–water partition coefficient (Wildman–Crippen LogP) is -0.302. The van der Waals surface area contributed by atoms with Gasteiger partial charge in [0.2, 0.25) is 10.0 Å². The lowest BCUT2D eigenvalue weighted by Crippen LogP contribution is -2.37. The fourth-order valence-corrected chi connectivity index (χ4v) is 2.66. The normalized spacial score (nSPS) is 13.0. The summed E-state index contributed by atoms with van der Waals surface area (Å²) >= 11 is 0. The summed E-state index contributed by atoms with van der Waals surface area (Å²) < 4.78 is 30.5. The molecule has 1 aromatic rings. The number of nitrogens with one attached hydrogen (secondary N) is 1. The zero-order chi connectivity index (χ0) is 15.5. The molecule has 0 aliphatic heterocycles. The van der Waals surface area contributed by atoms with Crippen LogP contribution in [0.25, 0.3) is 0 Å². The van der Waals surface area contributed by atoms with E-state index in [9.17, 15) is 18.3 Å². The van der Waals surface area contributed by atoms with Gasteiger partial charge < -0.3 is 15.6 Å². The van der Waals surface area contributed by atoms with Crippen LogP contribution in [-0.4, -0.2) is 39.3 Å². The highest BCUT2D eigenvalue weighted by molar-refractivity contribution is 7.89. The number of benzene rings is 1. The molecule has 8 heteroatoms. The van der Waals surface area contributed by atoms with E-state index in [1.807, 2.05) is 0 Å². The number of aliphatic hydroxyl groups is 1. The molecule has 112 valence electrons. The highest BCUT2D eigenvalue weighted by atomic mass is 32.2. The van der Waals surface area contributed by atoms with Crippen LogP contribution < -0.4 is 10.5 Å². The molecule has 0 aromatic heterocycles. The van der Waals surface area contributed by atoms with Crippen molar-refractivity contribution in [2.45, 2.75) is 24.8 Å². The van der Waals surface area contributed by atoms with Crippen molar-refractivity contribution in [3.8, 4) is 0 Å². The van der Waals surface area contributed by atoms with Gasteiger partial charge in [0, 0.05) is 12.2 Å². The number of methoxy groups -OCH3 is 1. The summed E-state index contributed by atoms with van der Waals surface area (Å²) in [6.45, 7) is 3.06. The molecule has 1 aromatic carbocycles. The van der Waals surface area contributed by atoms with E-state index in [-0.39, 0.29) is 4.90 Å². The second-order valence-corrected chi connectivity index (χ2v) is 6.11. The van der Waals surface area contributed by atoms with E-state index in [0.717, 1.165) is 18.2 Å². The van der Waals surface area contributed by atoms with E-state index in [1.54, 1.807) is 13.8 Å². The average molecular weight is 302 g/mol. The molecule has 1 atom stereocenters. The average Bonchev–Trinajstić information content (AvgIpc) is 2.40. The van der Waals surface area contributed by atoms with Gasteiger partial charge in [-0.2, -0.15) is 0 Å². The number of carbonyl (C=O) groups is 1. The number of anilines is 1. The summed E-state index contributed by atoms with van der Waals surface area (Å²) in [5, 5.41) is 9.36. The lowest BCUT2D eigenvalue weighted by Gasteiger charge is -2.12. The molecule has 0 saturated heterocycles. The SMILES string of the molecule is COC(=O)C(O)CNS(=O)(=O)c1cc(C)c(C)c(N)c1. The molecule has 0 bridgehead atoms. The van der Waals surface area contributed by atoms with Crippen LogP contribution in [0, 0.1) is 13.8 Å². The Morgan fingerprint density at radius 2 is 2.05 bits per heavy atom. The maximum absolute atomic E-state index is 12.0. The van der Waals surface area contributed by atoms with Gasteiger partial charge >= 0.3 is 5.97 Å². The molecule has 0 fully saturated rings. The summed E-state index contributed by atoms with van der Waals surface area (Å²) in [5.41, 5.74) is 7.63. The van der Waals surface area contributed by atoms with Crippen LogP contribution in [0.3, 0.4) is 0 Å². The highest BCUT2D eigenvalue weighted by Crippen LogP contribution is 2.21. The molecule has 0 heterocycles. The molecule has 4 N–H and O–H groups in total. The molecular formula is C12H18N2O5S. The van der Waals surface area contributed by atoms with Crippen LogP contribution in [0.5, 0.6) is 0 Å². The van der Waals surface area contributed by atoms with E-state index in [0.29, 0.717) is 5.69 Å². The lowest BCUT2D eigenvalue weighted by atomic mass is 10.1. The van der Waals surface area contributed by atoms with Crippen molar-refractivity contribution in [2.75, 3.05) is 19.4 Å². The van der Waals surface area contributed by atoms with Crippen LogP contribution in [-0.2, 0) is 19.6 Å². The molecule has 1 rings (SSSR count). The Morgan fingerprint density at radius 1 is 1.45 bits per heavy atom. The van der Waals surface area contributed by atoms with Gasteiger partial charge in [0.1, 0.15) is 0 Å². The van der Waals surface area contributed by atoms with E-state index >= 15 is 0 Å². The zero-order valence-electron chi connectivity index (χ0n) is 11.5. The van der Waals surface area contributed by atoms with E-state index in [1.165, 1.54) is 12.1 Å². The molecule has 0 amide bonds. The van der Waals surface area contributed by atoms with Gasteiger partial charge in [-0.25, -0.2) is 17.9 Å².